The van der Waals surface area contributed by atoms with Crippen molar-refractivity contribution < 1.29 is 28.9 Å². The molecule has 1 amide bonds. The van der Waals surface area contributed by atoms with Gasteiger partial charge in [-0.15, -0.1) is 0 Å². The van der Waals surface area contributed by atoms with Crippen LogP contribution in [-0.4, -0.2) is 44.9 Å². The van der Waals surface area contributed by atoms with Crippen molar-refractivity contribution in [3.05, 3.63) is 83.7 Å². The first-order chi connectivity index (χ1) is 17.9. The number of benzene rings is 2. The molecule has 0 unspecified atom stereocenters. The fraction of sp³-hybridized carbons (Fsp3) is 0.333. The molecule has 2 aromatic carbocycles. The quantitative estimate of drug-likeness (QED) is 0.242. The Bertz CT molecular complexity index is 1180. The maximum Gasteiger partial charge on any atom is 0.303 e. The molecule has 0 saturated carbocycles. The van der Waals surface area contributed by atoms with E-state index in [0.717, 1.165) is 16.7 Å². The van der Waals surface area contributed by atoms with Crippen LogP contribution >= 0.6 is 11.8 Å². The third kappa shape index (κ3) is 7.59. The van der Waals surface area contributed by atoms with E-state index in [2.05, 4.69) is 15.3 Å². The van der Waals surface area contributed by atoms with Gasteiger partial charge in [0.25, 0.3) is 5.91 Å². The van der Waals surface area contributed by atoms with E-state index in [4.69, 9.17) is 14.2 Å². The van der Waals surface area contributed by atoms with Gasteiger partial charge in [0.15, 0.2) is 17.6 Å². The number of hydrogen-bond donors (Lipinski definition) is 2. The van der Waals surface area contributed by atoms with Crippen LogP contribution in [0.25, 0.3) is 0 Å². The highest BCUT2D eigenvalue weighted by molar-refractivity contribution is 7.99. The van der Waals surface area contributed by atoms with Crippen LogP contribution in [0.3, 0.4) is 0 Å². The highest BCUT2D eigenvalue weighted by atomic mass is 32.2. The van der Waals surface area contributed by atoms with Gasteiger partial charge in [-0.1, -0.05) is 48.2 Å². The molecule has 0 radical (unpaired) electrons. The monoisotopic (exact) mass is 523 g/mol. The highest BCUT2D eigenvalue weighted by Crippen LogP contribution is 2.39. The average molecular weight is 524 g/mol. The molecule has 2 N–H and O–H groups in total. The Labute approximate surface area is 219 Å². The van der Waals surface area contributed by atoms with E-state index in [1.807, 2.05) is 36.4 Å². The summed E-state index contributed by atoms with van der Waals surface area (Å²) in [6.45, 7) is 2.76. The van der Waals surface area contributed by atoms with Crippen LogP contribution in [0.4, 0.5) is 5.69 Å². The number of thioether (sulfide) groups is 1. The fourth-order valence-electron chi connectivity index (χ4n) is 3.82. The van der Waals surface area contributed by atoms with E-state index >= 15 is 0 Å². The third-order valence-corrected chi connectivity index (χ3v) is 6.73. The second kappa shape index (κ2) is 12.8. The van der Waals surface area contributed by atoms with Gasteiger partial charge in [0, 0.05) is 42.7 Å². The van der Waals surface area contributed by atoms with Crippen LogP contribution < -0.4 is 5.32 Å². The maximum absolute atomic E-state index is 12.2. The van der Waals surface area contributed by atoms with Crippen molar-refractivity contribution in [1.82, 2.24) is 9.97 Å². The smallest absolute Gasteiger partial charge is 0.303 e. The van der Waals surface area contributed by atoms with Crippen molar-refractivity contribution in [3.63, 3.8) is 0 Å². The molecule has 1 saturated heterocycles. The molecule has 0 bridgehead atoms. The number of nitrogens with zero attached hydrogens (tertiary/aromatic N) is 2. The lowest BCUT2D eigenvalue weighted by atomic mass is 10.0. The molecule has 1 aromatic heterocycles. The molecule has 4 atom stereocenters. The van der Waals surface area contributed by atoms with Crippen LogP contribution in [0.5, 0.6) is 0 Å². The van der Waals surface area contributed by atoms with E-state index in [9.17, 15) is 14.7 Å². The Morgan fingerprint density at radius 2 is 1.76 bits per heavy atom. The topological polar surface area (TPSA) is 120 Å². The Balaban J connectivity index is 1.47. The normalized spacial score (nSPS) is 20.1. The predicted molar refractivity (Wildman–Crippen MR) is 137 cm³/mol. The molecular weight excluding hydrogens is 494 g/mol. The van der Waals surface area contributed by atoms with Gasteiger partial charge in [-0.2, -0.15) is 0 Å². The number of ether oxygens (including phenoxy) is 3. The van der Waals surface area contributed by atoms with Gasteiger partial charge in [0.05, 0.1) is 18.8 Å². The Kier molecular flexibility index (Phi) is 9.24. The van der Waals surface area contributed by atoms with E-state index in [1.54, 1.807) is 30.6 Å². The van der Waals surface area contributed by atoms with Crippen molar-refractivity contribution in [2.24, 2.45) is 0 Å². The zero-order chi connectivity index (χ0) is 26.2. The summed E-state index contributed by atoms with van der Waals surface area (Å²) in [7, 11) is 0. The van der Waals surface area contributed by atoms with Gasteiger partial charge in [0.2, 0.25) is 0 Å². The highest BCUT2D eigenvalue weighted by Gasteiger charge is 2.32. The van der Waals surface area contributed by atoms with Gasteiger partial charge in [-0.25, -0.2) is 9.97 Å². The minimum atomic E-state index is -0.896. The molecule has 4 rings (SSSR count). The average Bonchev–Trinajstić information content (AvgIpc) is 2.92. The number of hydrogen-bond acceptors (Lipinski definition) is 9. The summed E-state index contributed by atoms with van der Waals surface area (Å²) in [5.74, 6) is -0.284. The zero-order valence-corrected chi connectivity index (χ0v) is 21.4. The Morgan fingerprint density at radius 1 is 1.08 bits per heavy atom. The number of amides is 1. The minimum Gasteiger partial charge on any atom is -0.453 e. The van der Waals surface area contributed by atoms with Crippen LogP contribution in [0, 0.1) is 0 Å². The van der Waals surface area contributed by atoms with Gasteiger partial charge in [-0.05, 0) is 36.2 Å². The molecule has 2 heterocycles. The lowest BCUT2D eigenvalue weighted by Crippen LogP contribution is -2.31. The number of carbonyl (C=O) groups is 2. The van der Waals surface area contributed by atoms with E-state index in [0.29, 0.717) is 23.0 Å². The maximum atomic E-state index is 12.2. The first-order valence-electron chi connectivity index (χ1n) is 11.9. The van der Waals surface area contributed by atoms with Crippen molar-refractivity contribution in [2.75, 3.05) is 11.1 Å². The molecule has 37 heavy (non-hydrogen) atoms. The summed E-state index contributed by atoms with van der Waals surface area (Å²) < 4.78 is 17.6. The number of carbonyl (C=O) groups excluding carboxylic acids is 2. The van der Waals surface area contributed by atoms with Gasteiger partial charge in [0.1, 0.15) is 0 Å². The second-order valence-corrected chi connectivity index (χ2v) is 9.54. The molecule has 10 heteroatoms. The summed E-state index contributed by atoms with van der Waals surface area (Å²) in [6, 6.07) is 16.6. The number of aliphatic hydroxyl groups is 1. The van der Waals surface area contributed by atoms with Crippen molar-refractivity contribution >= 4 is 29.3 Å². The molecule has 0 aliphatic carbocycles. The number of aliphatic hydroxyl groups excluding tert-OH is 1. The van der Waals surface area contributed by atoms with E-state index in [1.165, 1.54) is 25.6 Å². The second-order valence-electron chi connectivity index (χ2n) is 8.56. The number of aromatic nitrogens is 2. The molecule has 9 nitrogen and oxygen atoms in total. The number of anilines is 1. The molecular formula is C27H29N3O6S. The first kappa shape index (κ1) is 26.7. The number of nitrogens with one attached hydrogen (secondary N) is 1. The molecule has 1 aliphatic rings. The predicted octanol–water partition coefficient (Wildman–Crippen LogP) is 4.20. The van der Waals surface area contributed by atoms with Crippen LogP contribution in [-0.2, 0) is 30.4 Å². The molecule has 3 aromatic rings. The molecule has 0 spiro atoms. The first-order valence-corrected chi connectivity index (χ1v) is 12.9. The summed E-state index contributed by atoms with van der Waals surface area (Å²) in [5, 5.41) is 12.8. The van der Waals surface area contributed by atoms with E-state index in [-0.39, 0.29) is 18.8 Å². The van der Waals surface area contributed by atoms with Crippen LogP contribution in [0.15, 0.2) is 72.1 Å². The molecule has 1 aliphatic heterocycles. The van der Waals surface area contributed by atoms with Crippen LogP contribution in [0.2, 0.25) is 0 Å². The zero-order valence-electron chi connectivity index (χ0n) is 20.6. The van der Waals surface area contributed by atoms with Gasteiger partial charge >= 0.3 is 5.97 Å². The lowest BCUT2D eigenvalue weighted by Gasteiger charge is -2.36. The third-order valence-electron chi connectivity index (χ3n) is 5.72. The van der Waals surface area contributed by atoms with Gasteiger partial charge < -0.3 is 24.6 Å². The lowest BCUT2D eigenvalue weighted by molar-refractivity contribution is -0.245. The summed E-state index contributed by atoms with van der Waals surface area (Å²) >= 11 is 1.52. The summed E-state index contributed by atoms with van der Waals surface area (Å²) in [5.41, 5.74) is 3.20. The molecule has 1 fully saturated rings. The number of rotatable bonds is 9. The largest absolute Gasteiger partial charge is 0.453 e. The molecule has 194 valence electrons. The van der Waals surface area contributed by atoms with E-state index < -0.39 is 24.3 Å². The van der Waals surface area contributed by atoms with Crippen LogP contribution in [0.1, 0.15) is 49.4 Å². The SMILES string of the molecule is CC(=O)O[C@@H](C)C(=O)Nc1ccc([C@H]2O[C@@H](CSc3ncccn3)C[C@@H](c3ccc(CO)cc3)O2)cc1. The van der Waals surface area contributed by atoms with Crippen molar-refractivity contribution in [2.45, 2.75) is 56.6 Å². The number of esters is 1. The Morgan fingerprint density at radius 3 is 2.41 bits per heavy atom. The standard InChI is InChI=1S/C27H29N3O6S/c1-17(34-18(2)32)25(33)30-22-10-8-21(9-11-22)26-35-23(16-37-27-28-12-3-13-29-27)14-24(36-26)20-6-4-19(15-31)5-7-20/h3-13,17,23-24,26,31H,14-16H2,1-2H3,(H,30,33)/t17-,23+,24-,26-/m0/s1. The van der Waals surface area contributed by atoms with Crippen molar-refractivity contribution in [3.8, 4) is 0 Å². The minimum absolute atomic E-state index is 0.0174. The summed E-state index contributed by atoms with van der Waals surface area (Å²) in [6.07, 6.45) is 2.22. The Hall–Kier alpha value is -3.31. The van der Waals surface area contributed by atoms with Crippen molar-refractivity contribution in [1.29, 1.82) is 0 Å². The van der Waals surface area contributed by atoms with Gasteiger partial charge in [-0.3, -0.25) is 9.59 Å². The summed E-state index contributed by atoms with van der Waals surface area (Å²) in [4.78, 5) is 31.9. The fourth-order valence-corrected chi connectivity index (χ4v) is 4.64.